The van der Waals surface area contributed by atoms with Crippen LogP contribution in [0.25, 0.3) is 0 Å². The van der Waals surface area contributed by atoms with Crippen LogP contribution in [0.5, 0.6) is 5.75 Å². The van der Waals surface area contributed by atoms with Crippen molar-refractivity contribution in [1.29, 1.82) is 0 Å². The fraction of sp³-hybridized carbons (Fsp3) is 0.292. The first kappa shape index (κ1) is 25.1. The van der Waals surface area contributed by atoms with Crippen LogP contribution in [-0.4, -0.2) is 35.5 Å². The zero-order valence-electron chi connectivity index (χ0n) is 20.2. The number of benzene rings is 1. The standard InChI is InChI=1S/C24H24ClFN6O4/c1-11(18(16-8-14(26)6-7-17(16)25)19-12(2)30-32(5)13(19)3)22-29-20(21(33)24(35)31(22)4)23(34)28-15-9-27-36-10-15/h6-11,18,33H,1-5H3,(H,28,34)/t11-,18-/m1/s1. The minimum absolute atomic E-state index is 0.182. The van der Waals surface area contributed by atoms with Gasteiger partial charge in [-0.25, -0.2) is 9.37 Å². The lowest BCUT2D eigenvalue weighted by Gasteiger charge is -2.27. The average Bonchev–Trinajstić information content (AvgIpc) is 3.43. The highest BCUT2D eigenvalue weighted by Gasteiger charge is 2.33. The van der Waals surface area contributed by atoms with E-state index in [9.17, 15) is 19.1 Å². The molecule has 0 aliphatic rings. The van der Waals surface area contributed by atoms with Crippen LogP contribution in [0.4, 0.5) is 10.1 Å². The Morgan fingerprint density at radius 3 is 2.61 bits per heavy atom. The quantitative estimate of drug-likeness (QED) is 0.400. The number of anilines is 1. The molecule has 0 aliphatic carbocycles. The molecule has 0 radical (unpaired) electrons. The Hall–Kier alpha value is -3.99. The van der Waals surface area contributed by atoms with Crippen LogP contribution >= 0.6 is 11.6 Å². The molecule has 0 saturated heterocycles. The molecule has 188 valence electrons. The first-order valence-electron chi connectivity index (χ1n) is 11.0. The van der Waals surface area contributed by atoms with E-state index < -0.39 is 40.6 Å². The molecule has 3 heterocycles. The fourth-order valence-electron chi connectivity index (χ4n) is 4.45. The van der Waals surface area contributed by atoms with E-state index in [0.29, 0.717) is 16.3 Å². The molecular weight excluding hydrogens is 491 g/mol. The van der Waals surface area contributed by atoms with Gasteiger partial charge >= 0.3 is 0 Å². The molecule has 2 N–H and O–H groups in total. The van der Waals surface area contributed by atoms with Gasteiger partial charge in [0, 0.05) is 42.2 Å². The maximum Gasteiger partial charge on any atom is 0.296 e. The van der Waals surface area contributed by atoms with E-state index in [0.717, 1.165) is 15.8 Å². The molecule has 0 aliphatic heterocycles. The van der Waals surface area contributed by atoms with Crippen molar-refractivity contribution < 1.29 is 18.8 Å². The first-order chi connectivity index (χ1) is 17.0. The van der Waals surface area contributed by atoms with Gasteiger partial charge in [-0.15, -0.1) is 0 Å². The summed E-state index contributed by atoms with van der Waals surface area (Å²) in [4.78, 5) is 30.2. The van der Waals surface area contributed by atoms with Crippen molar-refractivity contribution in [2.24, 2.45) is 14.1 Å². The van der Waals surface area contributed by atoms with Gasteiger partial charge in [0.2, 0.25) is 5.75 Å². The van der Waals surface area contributed by atoms with E-state index in [-0.39, 0.29) is 11.5 Å². The molecule has 2 atom stereocenters. The van der Waals surface area contributed by atoms with E-state index in [2.05, 4.69) is 20.6 Å². The Bertz CT molecular complexity index is 1510. The molecule has 0 saturated carbocycles. The highest BCUT2D eigenvalue weighted by molar-refractivity contribution is 6.31. The topological polar surface area (TPSA) is 128 Å². The molecule has 0 bridgehead atoms. The van der Waals surface area contributed by atoms with E-state index >= 15 is 0 Å². The third-order valence-electron chi connectivity index (χ3n) is 6.28. The molecule has 0 spiro atoms. The van der Waals surface area contributed by atoms with Gasteiger partial charge in [-0.2, -0.15) is 5.10 Å². The lowest BCUT2D eigenvalue weighted by molar-refractivity contribution is 0.101. The number of aromatic hydroxyl groups is 1. The lowest BCUT2D eigenvalue weighted by atomic mass is 9.79. The lowest BCUT2D eigenvalue weighted by Crippen LogP contribution is -2.29. The van der Waals surface area contributed by atoms with Crippen LogP contribution in [0.15, 0.2) is 40.0 Å². The minimum Gasteiger partial charge on any atom is -0.501 e. The smallest absolute Gasteiger partial charge is 0.296 e. The molecular formula is C24H24ClFN6O4. The molecule has 0 unspecified atom stereocenters. The average molecular weight is 515 g/mol. The molecule has 10 nitrogen and oxygen atoms in total. The third-order valence-corrected chi connectivity index (χ3v) is 6.63. The van der Waals surface area contributed by atoms with Gasteiger partial charge in [-0.3, -0.25) is 18.8 Å². The summed E-state index contributed by atoms with van der Waals surface area (Å²) in [6, 6.07) is 4.07. The summed E-state index contributed by atoms with van der Waals surface area (Å²) in [6.07, 6.45) is 2.45. The maximum absolute atomic E-state index is 14.4. The molecule has 36 heavy (non-hydrogen) atoms. The molecule has 1 amide bonds. The minimum atomic E-state index is -0.823. The van der Waals surface area contributed by atoms with Crippen LogP contribution in [0.3, 0.4) is 0 Å². The van der Waals surface area contributed by atoms with E-state index in [1.54, 1.807) is 18.7 Å². The van der Waals surface area contributed by atoms with Crippen molar-refractivity contribution in [3.63, 3.8) is 0 Å². The van der Waals surface area contributed by atoms with Crippen molar-refractivity contribution in [2.45, 2.75) is 32.6 Å². The van der Waals surface area contributed by atoms with Crippen LogP contribution in [0, 0.1) is 19.7 Å². The number of halogens is 2. The van der Waals surface area contributed by atoms with Gasteiger partial charge in [0.1, 0.15) is 23.6 Å². The maximum atomic E-state index is 14.4. The van der Waals surface area contributed by atoms with Gasteiger partial charge < -0.3 is 14.9 Å². The summed E-state index contributed by atoms with van der Waals surface area (Å²) in [5.41, 5.74) is 1.72. The second-order valence-corrected chi connectivity index (χ2v) is 8.95. The Labute approximate surface area is 210 Å². The number of aromatic nitrogens is 5. The van der Waals surface area contributed by atoms with Crippen LogP contribution in [-0.2, 0) is 14.1 Å². The fourth-order valence-corrected chi connectivity index (χ4v) is 4.68. The SMILES string of the molecule is Cc1nn(C)c(C)c1[C@@H](c1cc(F)ccc1Cl)[C@@H](C)c1nc(C(=O)Nc2cnoc2)c(O)c(=O)n1C. The van der Waals surface area contributed by atoms with Crippen LogP contribution < -0.4 is 10.9 Å². The number of carbonyl (C=O) groups excluding carboxylic acids is 1. The summed E-state index contributed by atoms with van der Waals surface area (Å²) < 4.78 is 22.0. The highest BCUT2D eigenvalue weighted by Crippen LogP contribution is 2.43. The summed E-state index contributed by atoms with van der Waals surface area (Å²) >= 11 is 6.54. The summed E-state index contributed by atoms with van der Waals surface area (Å²) in [5.74, 6) is -3.12. The largest absolute Gasteiger partial charge is 0.501 e. The Balaban J connectivity index is 1.91. The number of hydrogen-bond donors (Lipinski definition) is 2. The number of rotatable bonds is 6. The van der Waals surface area contributed by atoms with Crippen LogP contribution in [0.1, 0.15) is 57.6 Å². The van der Waals surface area contributed by atoms with E-state index in [1.165, 1.54) is 37.7 Å². The second-order valence-electron chi connectivity index (χ2n) is 8.54. The normalized spacial score (nSPS) is 13.0. The number of hydrogen-bond acceptors (Lipinski definition) is 7. The number of amides is 1. The number of aryl methyl sites for hydroxylation is 2. The van der Waals surface area contributed by atoms with Gasteiger partial charge in [0.15, 0.2) is 5.69 Å². The van der Waals surface area contributed by atoms with Crippen LogP contribution in [0.2, 0.25) is 5.02 Å². The Morgan fingerprint density at radius 1 is 1.28 bits per heavy atom. The van der Waals surface area contributed by atoms with Crippen molar-refractivity contribution in [3.8, 4) is 5.75 Å². The van der Waals surface area contributed by atoms with Gasteiger partial charge in [0.25, 0.3) is 11.5 Å². The highest BCUT2D eigenvalue weighted by atomic mass is 35.5. The predicted octanol–water partition coefficient (Wildman–Crippen LogP) is 3.80. The zero-order chi connectivity index (χ0) is 26.3. The summed E-state index contributed by atoms with van der Waals surface area (Å²) in [5, 5.41) is 21.2. The van der Waals surface area contributed by atoms with Gasteiger partial charge in [0.05, 0.1) is 11.9 Å². The molecule has 3 aromatic heterocycles. The van der Waals surface area contributed by atoms with E-state index in [1.807, 2.05) is 13.8 Å². The first-order valence-corrected chi connectivity index (χ1v) is 11.3. The monoisotopic (exact) mass is 514 g/mol. The van der Waals surface area contributed by atoms with Gasteiger partial charge in [-0.1, -0.05) is 23.7 Å². The molecule has 0 fully saturated rings. The van der Waals surface area contributed by atoms with Gasteiger partial charge in [-0.05, 0) is 37.6 Å². The third kappa shape index (κ3) is 4.37. The zero-order valence-corrected chi connectivity index (χ0v) is 21.0. The van der Waals surface area contributed by atoms with Crippen molar-refractivity contribution >= 4 is 23.2 Å². The molecule has 4 aromatic rings. The Kier molecular flexibility index (Phi) is 6.68. The summed E-state index contributed by atoms with van der Waals surface area (Å²) in [7, 11) is 3.23. The molecule has 12 heteroatoms. The molecule has 1 aromatic carbocycles. The molecule has 4 rings (SSSR count). The second kappa shape index (κ2) is 9.57. The number of nitrogens with zero attached hydrogens (tertiary/aromatic N) is 5. The predicted molar refractivity (Wildman–Crippen MR) is 130 cm³/mol. The number of carbonyl (C=O) groups is 1. The van der Waals surface area contributed by atoms with Crippen molar-refractivity contribution in [3.05, 3.63) is 85.9 Å². The summed E-state index contributed by atoms with van der Waals surface area (Å²) in [6.45, 7) is 5.50. The number of nitrogens with one attached hydrogen (secondary N) is 1. The van der Waals surface area contributed by atoms with E-state index in [4.69, 9.17) is 16.1 Å². The van der Waals surface area contributed by atoms with Crippen molar-refractivity contribution in [2.75, 3.05) is 5.32 Å². The van der Waals surface area contributed by atoms with Crippen molar-refractivity contribution in [1.82, 2.24) is 24.5 Å². The Morgan fingerprint density at radius 2 is 2.00 bits per heavy atom.